The molecule has 18 heavy (non-hydrogen) atoms. The number of piperidine rings is 2. The number of nitrogens with two attached hydrogens (primary N) is 1. The number of hydrogen-bond acceptors (Lipinski definition) is 3. The summed E-state index contributed by atoms with van der Waals surface area (Å²) in [5, 5.41) is 0. The highest BCUT2D eigenvalue weighted by Gasteiger charge is 2.29. The molecule has 0 saturated carbocycles. The van der Waals surface area contributed by atoms with Crippen LogP contribution in [-0.4, -0.2) is 53.3 Å². The predicted molar refractivity (Wildman–Crippen MR) is 68.8 cm³/mol. The van der Waals surface area contributed by atoms with Crippen molar-refractivity contribution in [3.8, 4) is 0 Å². The molecule has 2 unspecified atom stereocenters. The van der Waals surface area contributed by atoms with Crippen molar-refractivity contribution in [2.75, 3.05) is 19.6 Å². The molecule has 2 aliphatic rings. The molecule has 2 aliphatic heterocycles. The van der Waals surface area contributed by atoms with Crippen LogP contribution in [0.1, 0.15) is 39.0 Å². The molecular formula is C13H23N3O2. The molecule has 2 atom stereocenters. The van der Waals surface area contributed by atoms with E-state index in [0.29, 0.717) is 6.42 Å². The SMILES string of the molecule is CC1CC(N)CCN1C(=O)CN1CCCCC1=O. The lowest BCUT2D eigenvalue weighted by atomic mass is 9.99. The van der Waals surface area contributed by atoms with E-state index in [1.165, 1.54) is 0 Å². The van der Waals surface area contributed by atoms with Gasteiger partial charge in [0, 0.05) is 31.6 Å². The second-order valence-corrected chi connectivity index (χ2v) is 5.49. The zero-order chi connectivity index (χ0) is 13.1. The van der Waals surface area contributed by atoms with Crippen LogP contribution >= 0.6 is 0 Å². The average molecular weight is 253 g/mol. The second-order valence-electron chi connectivity index (χ2n) is 5.49. The van der Waals surface area contributed by atoms with Gasteiger partial charge in [0.1, 0.15) is 0 Å². The van der Waals surface area contributed by atoms with Crippen molar-refractivity contribution < 1.29 is 9.59 Å². The van der Waals surface area contributed by atoms with Gasteiger partial charge in [-0.25, -0.2) is 0 Å². The Morgan fingerprint density at radius 3 is 2.83 bits per heavy atom. The van der Waals surface area contributed by atoms with Gasteiger partial charge in [-0.2, -0.15) is 0 Å². The molecule has 2 rings (SSSR count). The minimum atomic E-state index is 0.0738. The first-order valence-electron chi connectivity index (χ1n) is 6.90. The number of likely N-dealkylation sites (tertiary alicyclic amines) is 2. The van der Waals surface area contributed by atoms with Crippen LogP contribution in [0.15, 0.2) is 0 Å². The molecule has 5 nitrogen and oxygen atoms in total. The van der Waals surface area contributed by atoms with E-state index in [2.05, 4.69) is 0 Å². The average Bonchev–Trinajstić information content (AvgIpc) is 2.32. The summed E-state index contributed by atoms with van der Waals surface area (Å²) in [6.07, 6.45) is 4.29. The van der Waals surface area contributed by atoms with Crippen molar-refractivity contribution in [2.24, 2.45) is 5.73 Å². The molecule has 0 aromatic rings. The van der Waals surface area contributed by atoms with Crippen molar-refractivity contribution in [1.82, 2.24) is 9.80 Å². The largest absolute Gasteiger partial charge is 0.338 e. The summed E-state index contributed by atoms with van der Waals surface area (Å²) < 4.78 is 0. The van der Waals surface area contributed by atoms with Crippen LogP contribution in [0.2, 0.25) is 0 Å². The van der Waals surface area contributed by atoms with Crippen LogP contribution in [0.5, 0.6) is 0 Å². The summed E-state index contributed by atoms with van der Waals surface area (Å²) in [6, 6.07) is 0.404. The van der Waals surface area contributed by atoms with Crippen molar-refractivity contribution >= 4 is 11.8 Å². The summed E-state index contributed by atoms with van der Waals surface area (Å²) in [5.41, 5.74) is 5.89. The molecule has 2 heterocycles. The first-order valence-corrected chi connectivity index (χ1v) is 6.90. The molecule has 5 heteroatoms. The maximum atomic E-state index is 12.2. The third kappa shape index (κ3) is 3.02. The fourth-order valence-corrected chi connectivity index (χ4v) is 2.86. The number of rotatable bonds is 2. The topological polar surface area (TPSA) is 66.6 Å². The maximum absolute atomic E-state index is 12.2. The van der Waals surface area contributed by atoms with Gasteiger partial charge in [0.2, 0.25) is 11.8 Å². The first kappa shape index (κ1) is 13.3. The van der Waals surface area contributed by atoms with Crippen LogP contribution in [0.3, 0.4) is 0 Å². The molecule has 2 saturated heterocycles. The van der Waals surface area contributed by atoms with Gasteiger partial charge >= 0.3 is 0 Å². The number of carbonyl (C=O) groups is 2. The smallest absolute Gasteiger partial charge is 0.242 e. The summed E-state index contributed by atoms with van der Waals surface area (Å²) in [7, 11) is 0. The highest BCUT2D eigenvalue weighted by Crippen LogP contribution is 2.17. The minimum Gasteiger partial charge on any atom is -0.338 e. The summed E-state index contributed by atoms with van der Waals surface area (Å²) in [4.78, 5) is 27.5. The Kier molecular flexibility index (Phi) is 4.22. The zero-order valence-electron chi connectivity index (χ0n) is 11.1. The standard InChI is InChI=1S/C13H23N3O2/c1-10-8-11(14)5-7-16(10)13(18)9-15-6-3-2-4-12(15)17/h10-11H,2-9,14H2,1H3. The molecule has 102 valence electrons. The van der Waals surface area contributed by atoms with Crippen molar-refractivity contribution in [3.63, 3.8) is 0 Å². The Labute approximate surface area is 108 Å². The van der Waals surface area contributed by atoms with Crippen LogP contribution in [-0.2, 0) is 9.59 Å². The number of carbonyl (C=O) groups excluding carboxylic acids is 2. The van der Waals surface area contributed by atoms with Crippen molar-refractivity contribution in [2.45, 2.75) is 51.1 Å². The van der Waals surface area contributed by atoms with Gasteiger partial charge in [-0.15, -0.1) is 0 Å². The van der Waals surface area contributed by atoms with Crippen molar-refractivity contribution in [3.05, 3.63) is 0 Å². The Balaban J connectivity index is 1.89. The molecular weight excluding hydrogens is 230 g/mol. The monoisotopic (exact) mass is 253 g/mol. The van der Waals surface area contributed by atoms with E-state index in [0.717, 1.165) is 38.8 Å². The van der Waals surface area contributed by atoms with Gasteiger partial charge in [0.05, 0.1) is 6.54 Å². The molecule has 2 N–H and O–H groups in total. The lowest BCUT2D eigenvalue weighted by Crippen LogP contribution is -2.52. The van der Waals surface area contributed by atoms with E-state index in [1.54, 1.807) is 4.90 Å². The first-order chi connectivity index (χ1) is 8.58. The van der Waals surface area contributed by atoms with Gasteiger partial charge in [0.25, 0.3) is 0 Å². The lowest BCUT2D eigenvalue weighted by molar-refractivity contribution is -0.143. The van der Waals surface area contributed by atoms with Crippen LogP contribution in [0, 0.1) is 0 Å². The fourth-order valence-electron chi connectivity index (χ4n) is 2.86. The molecule has 0 bridgehead atoms. The molecule has 0 radical (unpaired) electrons. The van der Waals surface area contributed by atoms with Crippen LogP contribution in [0.4, 0.5) is 0 Å². The van der Waals surface area contributed by atoms with Crippen LogP contribution in [0.25, 0.3) is 0 Å². The maximum Gasteiger partial charge on any atom is 0.242 e. The Bertz CT molecular complexity index is 332. The van der Waals surface area contributed by atoms with Gasteiger partial charge < -0.3 is 15.5 Å². The molecule has 2 fully saturated rings. The fraction of sp³-hybridized carbons (Fsp3) is 0.846. The van der Waals surface area contributed by atoms with Gasteiger partial charge in [-0.1, -0.05) is 0 Å². The third-order valence-electron chi connectivity index (χ3n) is 3.98. The lowest BCUT2D eigenvalue weighted by Gasteiger charge is -2.38. The minimum absolute atomic E-state index is 0.0738. The van der Waals surface area contributed by atoms with E-state index in [4.69, 9.17) is 5.73 Å². The summed E-state index contributed by atoms with van der Waals surface area (Å²) >= 11 is 0. The normalized spacial score (nSPS) is 29.6. The van der Waals surface area contributed by atoms with E-state index < -0.39 is 0 Å². The zero-order valence-corrected chi connectivity index (χ0v) is 11.1. The molecule has 2 amide bonds. The molecule has 0 spiro atoms. The third-order valence-corrected chi connectivity index (χ3v) is 3.98. The highest BCUT2D eigenvalue weighted by atomic mass is 16.2. The number of nitrogens with zero attached hydrogens (tertiary/aromatic N) is 2. The van der Waals surface area contributed by atoms with Gasteiger partial charge in [-0.05, 0) is 32.6 Å². The van der Waals surface area contributed by atoms with Crippen molar-refractivity contribution in [1.29, 1.82) is 0 Å². The molecule has 0 aromatic heterocycles. The Morgan fingerprint density at radius 2 is 2.17 bits per heavy atom. The van der Waals surface area contributed by atoms with E-state index >= 15 is 0 Å². The number of amides is 2. The van der Waals surface area contributed by atoms with Gasteiger partial charge in [0.15, 0.2) is 0 Å². The van der Waals surface area contributed by atoms with E-state index in [-0.39, 0.29) is 30.4 Å². The Morgan fingerprint density at radius 1 is 1.39 bits per heavy atom. The predicted octanol–water partition coefficient (Wildman–Crippen LogP) is 0.337. The quantitative estimate of drug-likeness (QED) is 0.771. The highest BCUT2D eigenvalue weighted by molar-refractivity contribution is 5.85. The van der Waals surface area contributed by atoms with E-state index in [9.17, 15) is 9.59 Å². The van der Waals surface area contributed by atoms with Crippen LogP contribution < -0.4 is 5.73 Å². The summed E-state index contributed by atoms with van der Waals surface area (Å²) in [5.74, 6) is 0.195. The molecule has 0 aliphatic carbocycles. The van der Waals surface area contributed by atoms with E-state index in [1.807, 2.05) is 11.8 Å². The number of hydrogen-bond donors (Lipinski definition) is 1. The van der Waals surface area contributed by atoms with Gasteiger partial charge in [-0.3, -0.25) is 9.59 Å². The molecule has 0 aromatic carbocycles. The second kappa shape index (κ2) is 5.69. The Hall–Kier alpha value is -1.10. The summed E-state index contributed by atoms with van der Waals surface area (Å²) in [6.45, 7) is 3.74.